The molecule has 1 amide bonds. The first kappa shape index (κ1) is 16.4. The Morgan fingerprint density at radius 2 is 2.12 bits per heavy atom. The number of hydrogen-bond acceptors (Lipinski definition) is 4. The number of amides is 1. The van der Waals surface area contributed by atoms with Gasteiger partial charge < -0.3 is 9.73 Å². The third-order valence-electron chi connectivity index (χ3n) is 4.14. The molecule has 0 radical (unpaired) electrons. The van der Waals surface area contributed by atoms with Crippen LogP contribution in [-0.2, 0) is 17.9 Å². The van der Waals surface area contributed by atoms with Crippen LogP contribution in [0.25, 0.3) is 16.6 Å². The van der Waals surface area contributed by atoms with Crippen molar-refractivity contribution in [2.24, 2.45) is 0 Å². The van der Waals surface area contributed by atoms with Crippen molar-refractivity contribution in [1.82, 2.24) is 19.5 Å². The Balaban J connectivity index is 1.57. The van der Waals surface area contributed by atoms with Gasteiger partial charge in [-0.25, -0.2) is 4.68 Å². The number of benzene rings is 1. The van der Waals surface area contributed by atoms with E-state index in [0.717, 1.165) is 15.8 Å². The summed E-state index contributed by atoms with van der Waals surface area (Å²) in [7, 11) is 0. The average Bonchev–Trinajstić information content (AvgIpc) is 3.19. The zero-order valence-electron chi connectivity index (χ0n) is 13.9. The summed E-state index contributed by atoms with van der Waals surface area (Å²) >= 11 is 5.93. The van der Waals surface area contributed by atoms with E-state index in [4.69, 9.17) is 16.0 Å². The summed E-state index contributed by atoms with van der Waals surface area (Å²) in [5.74, 6) is 0.289. The van der Waals surface area contributed by atoms with Crippen LogP contribution in [0.1, 0.15) is 11.4 Å². The number of carbonyl (C=O) groups excluding carboxylic acids is 1. The quantitative estimate of drug-likeness (QED) is 0.598. The fourth-order valence-corrected chi connectivity index (χ4v) is 3.19. The summed E-state index contributed by atoms with van der Waals surface area (Å²) in [4.78, 5) is 24.9. The van der Waals surface area contributed by atoms with Gasteiger partial charge in [0.25, 0.3) is 5.56 Å². The second-order valence-corrected chi connectivity index (χ2v) is 6.39. The predicted octanol–water partition coefficient (Wildman–Crippen LogP) is 2.52. The molecule has 4 aromatic rings. The van der Waals surface area contributed by atoms with Crippen LogP contribution in [0.5, 0.6) is 0 Å². The monoisotopic (exact) mass is 370 g/mol. The number of furan rings is 1. The molecule has 0 bridgehead atoms. The number of fused-ring (bicyclic) bond motifs is 3. The van der Waals surface area contributed by atoms with E-state index in [2.05, 4.69) is 10.4 Å². The summed E-state index contributed by atoms with van der Waals surface area (Å²) in [6, 6.07) is 10.7. The molecule has 0 atom stereocenters. The maximum Gasteiger partial charge on any atom is 0.291 e. The molecule has 0 aliphatic heterocycles. The van der Waals surface area contributed by atoms with E-state index in [9.17, 15) is 9.59 Å². The van der Waals surface area contributed by atoms with Crippen LogP contribution in [-0.4, -0.2) is 20.1 Å². The van der Waals surface area contributed by atoms with Crippen molar-refractivity contribution in [3.8, 4) is 0 Å². The number of aromatic nitrogens is 3. The van der Waals surface area contributed by atoms with E-state index in [-0.39, 0.29) is 18.0 Å². The highest BCUT2D eigenvalue weighted by Crippen LogP contribution is 2.19. The molecule has 0 saturated heterocycles. The van der Waals surface area contributed by atoms with Crippen molar-refractivity contribution < 1.29 is 9.21 Å². The van der Waals surface area contributed by atoms with Crippen molar-refractivity contribution in [2.75, 3.05) is 0 Å². The summed E-state index contributed by atoms with van der Waals surface area (Å²) in [6.45, 7) is 1.94. The molecule has 0 unspecified atom stereocenters. The fourth-order valence-electron chi connectivity index (χ4n) is 2.98. The van der Waals surface area contributed by atoms with Crippen LogP contribution in [0.15, 0.2) is 51.9 Å². The number of halogens is 1. The smallest absolute Gasteiger partial charge is 0.291 e. The van der Waals surface area contributed by atoms with Gasteiger partial charge in [-0.2, -0.15) is 5.10 Å². The lowest BCUT2D eigenvalue weighted by atomic mass is 10.2. The Hall–Kier alpha value is -3.06. The lowest BCUT2D eigenvalue weighted by molar-refractivity contribution is -0.122. The van der Waals surface area contributed by atoms with E-state index in [1.54, 1.807) is 41.9 Å². The molecule has 1 N–H and O–H groups in total. The standard InChI is InChI=1S/C18H15ClN4O3/c1-11-21-22(10-17(24)20-9-12-3-2-4-13(19)7-12)18(25)15-8-16-14(23(11)15)5-6-26-16/h2-8H,9-10H2,1H3,(H,20,24). The maximum atomic E-state index is 12.6. The highest BCUT2D eigenvalue weighted by Gasteiger charge is 2.15. The van der Waals surface area contributed by atoms with Gasteiger partial charge in [0.1, 0.15) is 17.9 Å². The van der Waals surface area contributed by atoms with Crippen molar-refractivity contribution in [3.05, 3.63) is 69.4 Å². The van der Waals surface area contributed by atoms with E-state index >= 15 is 0 Å². The fraction of sp³-hybridized carbons (Fsp3) is 0.167. The van der Waals surface area contributed by atoms with Crippen LogP contribution in [0.2, 0.25) is 5.02 Å². The van der Waals surface area contributed by atoms with Gasteiger partial charge in [0.05, 0.1) is 11.8 Å². The minimum atomic E-state index is -0.347. The second kappa shape index (κ2) is 6.34. The van der Waals surface area contributed by atoms with Gasteiger partial charge in [-0.3, -0.25) is 14.0 Å². The van der Waals surface area contributed by atoms with Gasteiger partial charge in [-0.05, 0) is 24.6 Å². The molecule has 8 heteroatoms. The third-order valence-corrected chi connectivity index (χ3v) is 4.37. The van der Waals surface area contributed by atoms with Crippen LogP contribution in [0.4, 0.5) is 0 Å². The first-order valence-electron chi connectivity index (χ1n) is 8.00. The summed E-state index contributed by atoms with van der Waals surface area (Å²) in [5, 5.41) is 7.63. The molecule has 26 heavy (non-hydrogen) atoms. The number of nitrogens with zero attached hydrogens (tertiary/aromatic N) is 3. The lowest BCUT2D eigenvalue weighted by Gasteiger charge is -2.09. The molecule has 0 aliphatic carbocycles. The van der Waals surface area contributed by atoms with E-state index in [0.29, 0.717) is 28.5 Å². The number of rotatable bonds is 4. The third kappa shape index (κ3) is 2.86. The molecule has 3 heterocycles. The van der Waals surface area contributed by atoms with Gasteiger partial charge >= 0.3 is 0 Å². The summed E-state index contributed by atoms with van der Waals surface area (Å²) in [5.41, 5.74) is 2.34. The highest BCUT2D eigenvalue weighted by atomic mass is 35.5. The Morgan fingerprint density at radius 3 is 2.92 bits per heavy atom. The van der Waals surface area contributed by atoms with Gasteiger partial charge in [-0.1, -0.05) is 23.7 Å². The minimum Gasteiger partial charge on any atom is -0.463 e. The molecule has 7 nitrogen and oxygen atoms in total. The topological polar surface area (TPSA) is 81.5 Å². The summed E-state index contributed by atoms with van der Waals surface area (Å²) in [6.07, 6.45) is 1.56. The average molecular weight is 371 g/mol. The molecule has 1 aromatic carbocycles. The molecule has 0 fully saturated rings. The first-order chi connectivity index (χ1) is 12.5. The largest absolute Gasteiger partial charge is 0.463 e. The predicted molar refractivity (Wildman–Crippen MR) is 97.3 cm³/mol. The van der Waals surface area contributed by atoms with Gasteiger partial charge in [0.2, 0.25) is 5.91 Å². The zero-order chi connectivity index (χ0) is 18.3. The van der Waals surface area contributed by atoms with Gasteiger partial charge in [0.15, 0.2) is 5.58 Å². The summed E-state index contributed by atoms with van der Waals surface area (Å²) < 4.78 is 8.23. The molecular weight excluding hydrogens is 356 g/mol. The maximum absolute atomic E-state index is 12.6. The molecule has 4 rings (SSSR count). The zero-order valence-corrected chi connectivity index (χ0v) is 14.7. The lowest BCUT2D eigenvalue weighted by Crippen LogP contribution is -2.34. The Bertz CT molecular complexity index is 1190. The normalized spacial score (nSPS) is 11.3. The molecule has 0 aliphatic rings. The Kier molecular flexibility index (Phi) is 4.00. The second-order valence-electron chi connectivity index (χ2n) is 5.95. The minimum absolute atomic E-state index is 0.163. The molecule has 132 valence electrons. The molecular formula is C18H15ClN4O3. The SMILES string of the molecule is Cc1nn(CC(=O)NCc2cccc(Cl)c2)c(=O)c2cc3occc3n12. The van der Waals surface area contributed by atoms with Crippen molar-refractivity contribution in [2.45, 2.75) is 20.0 Å². The van der Waals surface area contributed by atoms with Crippen molar-refractivity contribution in [1.29, 1.82) is 0 Å². The van der Waals surface area contributed by atoms with E-state index < -0.39 is 0 Å². The van der Waals surface area contributed by atoms with Crippen LogP contribution >= 0.6 is 11.6 Å². The number of carbonyl (C=O) groups is 1. The van der Waals surface area contributed by atoms with Crippen LogP contribution in [0.3, 0.4) is 0 Å². The Labute approximate surface area is 152 Å². The van der Waals surface area contributed by atoms with Crippen LogP contribution in [0, 0.1) is 6.92 Å². The number of aryl methyl sites for hydroxylation is 1. The van der Waals surface area contributed by atoms with E-state index in [1.165, 1.54) is 0 Å². The van der Waals surface area contributed by atoms with Crippen LogP contribution < -0.4 is 10.9 Å². The molecule has 0 spiro atoms. The molecule has 3 aromatic heterocycles. The first-order valence-corrected chi connectivity index (χ1v) is 8.38. The number of hydrogen-bond donors (Lipinski definition) is 1. The van der Waals surface area contributed by atoms with Crippen molar-refractivity contribution in [3.63, 3.8) is 0 Å². The highest BCUT2D eigenvalue weighted by molar-refractivity contribution is 6.30. The van der Waals surface area contributed by atoms with Crippen molar-refractivity contribution >= 4 is 34.1 Å². The molecule has 0 saturated carbocycles. The van der Waals surface area contributed by atoms with Gasteiger partial charge in [-0.15, -0.1) is 0 Å². The Morgan fingerprint density at radius 1 is 1.27 bits per heavy atom. The van der Waals surface area contributed by atoms with E-state index in [1.807, 2.05) is 12.1 Å². The number of nitrogens with one attached hydrogen (secondary N) is 1. The van der Waals surface area contributed by atoms with Gasteiger partial charge in [0, 0.05) is 23.7 Å².